The molecular formula is C28H23BrN2O4S. The van der Waals surface area contributed by atoms with Crippen molar-refractivity contribution in [3.8, 4) is 11.3 Å². The molecule has 0 amide bonds. The molecular weight excluding hydrogens is 540 g/mol. The van der Waals surface area contributed by atoms with Crippen LogP contribution >= 0.6 is 27.3 Å². The van der Waals surface area contributed by atoms with Crippen LogP contribution in [0.1, 0.15) is 36.8 Å². The van der Waals surface area contributed by atoms with Gasteiger partial charge in [0.1, 0.15) is 17.6 Å². The van der Waals surface area contributed by atoms with Crippen molar-refractivity contribution >= 4 is 39.3 Å². The van der Waals surface area contributed by atoms with Crippen LogP contribution in [0.4, 0.5) is 0 Å². The molecule has 36 heavy (non-hydrogen) atoms. The average molecular weight is 563 g/mol. The van der Waals surface area contributed by atoms with Crippen molar-refractivity contribution in [2.75, 3.05) is 6.61 Å². The van der Waals surface area contributed by atoms with E-state index in [1.54, 1.807) is 19.9 Å². The van der Waals surface area contributed by atoms with Gasteiger partial charge in [-0.2, -0.15) is 0 Å². The molecule has 0 bridgehead atoms. The molecule has 0 fully saturated rings. The van der Waals surface area contributed by atoms with Gasteiger partial charge >= 0.3 is 5.97 Å². The number of ether oxygens (including phenoxy) is 1. The molecule has 2 aromatic carbocycles. The van der Waals surface area contributed by atoms with Gasteiger partial charge in [0.15, 0.2) is 4.80 Å². The third kappa shape index (κ3) is 4.54. The number of esters is 1. The van der Waals surface area contributed by atoms with Crippen LogP contribution in [0, 0.1) is 6.92 Å². The summed E-state index contributed by atoms with van der Waals surface area (Å²) in [5, 5.41) is 0. The molecule has 0 saturated carbocycles. The maximum atomic E-state index is 13.7. The number of hydrogen-bond donors (Lipinski definition) is 0. The Morgan fingerprint density at radius 2 is 1.83 bits per heavy atom. The van der Waals surface area contributed by atoms with Crippen molar-refractivity contribution in [2.45, 2.75) is 26.8 Å². The molecule has 2 aromatic heterocycles. The molecule has 1 atom stereocenters. The Labute approximate surface area is 220 Å². The normalized spacial score (nSPS) is 15.6. The van der Waals surface area contributed by atoms with Crippen LogP contribution in [0.25, 0.3) is 17.4 Å². The molecule has 8 heteroatoms. The highest BCUT2D eigenvalue weighted by Gasteiger charge is 2.35. The van der Waals surface area contributed by atoms with E-state index in [4.69, 9.17) is 9.15 Å². The Morgan fingerprint density at radius 1 is 1.11 bits per heavy atom. The summed E-state index contributed by atoms with van der Waals surface area (Å²) >= 11 is 4.74. The molecule has 0 unspecified atom stereocenters. The number of furan rings is 1. The number of rotatable bonds is 5. The largest absolute Gasteiger partial charge is 0.463 e. The van der Waals surface area contributed by atoms with Gasteiger partial charge in [0.05, 0.1) is 22.4 Å². The van der Waals surface area contributed by atoms with Gasteiger partial charge in [-0.3, -0.25) is 9.36 Å². The lowest BCUT2D eigenvalue weighted by Gasteiger charge is -2.22. The van der Waals surface area contributed by atoms with Gasteiger partial charge in [-0.1, -0.05) is 69.2 Å². The lowest BCUT2D eigenvalue weighted by atomic mass is 10.0. The van der Waals surface area contributed by atoms with Crippen LogP contribution < -0.4 is 14.9 Å². The van der Waals surface area contributed by atoms with Gasteiger partial charge in [-0.05, 0) is 56.7 Å². The lowest BCUT2D eigenvalue weighted by Crippen LogP contribution is -2.39. The minimum absolute atomic E-state index is 0.211. The third-order valence-electron chi connectivity index (χ3n) is 5.92. The summed E-state index contributed by atoms with van der Waals surface area (Å²) in [5.41, 5.74) is 3.50. The summed E-state index contributed by atoms with van der Waals surface area (Å²) in [6, 6.07) is 18.5. The van der Waals surface area contributed by atoms with Crippen LogP contribution in [0.2, 0.25) is 0 Å². The molecule has 1 aliphatic heterocycles. The van der Waals surface area contributed by atoms with Gasteiger partial charge in [0.2, 0.25) is 0 Å². The lowest BCUT2D eigenvalue weighted by molar-refractivity contribution is -0.139. The van der Waals surface area contributed by atoms with Crippen molar-refractivity contribution in [1.82, 2.24) is 4.57 Å². The smallest absolute Gasteiger partial charge is 0.338 e. The number of halogens is 1. The molecule has 0 radical (unpaired) electrons. The maximum absolute atomic E-state index is 13.7. The number of benzene rings is 2. The molecule has 5 rings (SSSR count). The van der Waals surface area contributed by atoms with Gasteiger partial charge in [-0.25, -0.2) is 9.79 Å². The molecule has 0 aliphatic carbocycles. The van der Waals surface area contributed by atoms with Gasteiger partial charge in [-0.15, -0.1) is 0 Å². The van der Waals surface area contributed by atoms with E-state index in [2.05, 4.69) is 20.9 Å². The van der Waals surface area contributed by atoms with Crippen LogP contribution in [0.3, 0.4) is 0 Å². The molecule has 6 nitrogen and oxygen atoms in total. The number of carbonyl (C=O) groups excluding carboxylic acids is 1. The first kappa shape index (κ1) is 24.2. The number of nitrogens with zero attached hydrogens (tertiary/aromatic N) is 2. The fourth-order valence-electron chi connectivity index (χ4n) is 4.14. The van der Waals surface area contributed by atoms with Crippen LogP contribution in [-0.2, 0) is 9.53 Å². The van der Waals surface area contributed by atoms with Crippen molar-refractivity contribution in [1.29, 1.82) is 0 Å². The minimum atomic E-state index is -0.787. The van der Waals surface area contributed by atoms with Crippen LogP contribution in [0.15, 0.2) is 90.6 Å². The third-order valence-corrected chi connectivity index (χ3v) is 7.43. The van der Waals surface area contributed by atoms with E-state index in [0.29, 0.717) is 32.1 Å². The summed E-state index contributed by atoms with van der Waals surface area (Å²) < 4.78 is 14.6. The summed E-state index contributed by atoms with van der Waals surface area (Å²) in [6.07, 6.45) is 1.85. The van der Waals surface area contributed by atoms with Gasteiger partial charge in [0.25, 0.3) is 5.56 Å². The van der Waals surface area contributed by atoms with E-state index in [9.17, 15) is 9.59 Å². The van der Waals surface area contributed by atoms with Crippen molar-refractivity contribution in [3.05, 3.63) is 113 Å². The second kappa shape index (κ2) is 9.87. The molecule has 3 heterocycles. The first-order valence-corrected chi connectivity index (χ1v) is 13.1. The number of aryl methyl sites for hydroxylation is 1. The maximum Gasteiger partial charge on any atom is 0.338 e. The summed E-state index contributed by atoms with van der Waals surface area (Å²) in [4.78, 5) is 31.8. The number of thiazole rings is 1. The zero-order chi connectivity index (χ0) is 25.4. The van der Waals surface area contributed by atoms with Gasteiger partial charge < -0.3 is 9.15 Å². The first-order valence-electron chi connectivity index (χ1n) is 11.5. The fraction of sp³-hybridized carbons (Fsp3) is 0.179. The number of aromatic nitrogens is 1. The van der Waals surface area contributed by atoms with Crippen LogP contribution in [0.5, 0.6) is 0 Å². The van der Waals surface area contributed by atoms with E-state index < -0.39 is 12.0 Å². The second-order valence-corrected chi connectivity index (χ2v) is 10.3. The topological polar surface area (TPSA) is 73.8 Å². The van der Waals surface area contributed by atoms with E-state index in [1.165, 1.54) is 15.9 Å². The van der Waals surface area contributed by atoms with Crippen molar-refractivity contribution in [2.24, 2.45) is 4.99 Å². The highest BCUT2D eigenvalue weighted by molar-refractivity contribution is 9.10. The van der Waals surface area contributed by atoms with Crippen LogP contribution in [-0.4, -0.2) is 17.1 Å². The number of hydrogen-bond acceptors (Lipinski definition) is 6. The van der Waals surface area contributed by atoms with E-state index in [0.717, 1.165) is 21.2 Å². The highest BCUT2D eigenvalue weighted by Crippen LogP contribution is 2.34. The Bertz CT molecular complexity index is 1660. The van der Waals surface area contributed by atoms with Gasteiger partial charge in [0, 0.05) is 10.0 Å². The molecule has 1 aliphatic rings. The van der Waals surface area contributed by atoms with E-state index in [1.807, 2.05) is 67.6 Å². The number of fused-ring (bicyclic) bond motifs is 1. The Morgan fingerprint density at radius 3 is 2.53 bits per heavy atom. The summed E-state index contributed by atoms with van der Waals surface area (Å²) in [7, 11) is 0. The highest BCUT2D eigenvalue weighted by atomic mass is 79.9. The molecule has 0 spiro atoms. The molecule has 0 saturated heterocycles. The molecule has 4 aromatic rings. The first-order chi connectivity index (χ1) is 17.4. The zero-order valence-corrected chi connectivity index (χ0v) is 22.4. The predicted octanol–water partition coefficient (Wildman–Crippen LogP) is 5.13. The Balaban J connectivity index is 1.68. The molecule has 0 N–H and O–H groups in total. The Kier molecular flexibility index (Phi) is 6.64. The zero-order valence-electron chi connectivity index (χ0n) is 19.9. The van der Waals surface area contributed by atoms with E-state index >= 15 is 0 Å². The van der Waals surface area contributed by atoms with E-state index in [-0.39, 0.29) is 12.2 Å². The number of carbonyl (C=O) groups is 1. The summed E-state index contributed by atoms with van der Waals surface area (Å²) in [5.74, 6) is 0.587. The standard InChI is InChI=1S/C28H23BrN2O4S/c1-4-34-27(33)24-17(3)30-28-31(26(32)23(36-28)15-18-7-5-16(2)6-8-18)25(24)22-14-13-21(35-22)19-9-11-20(29)12-10-19/h5-15,25H,4H2,1-3H3/b23-15-/t25-/m0/s1. The Hall–Kier alpha value is -3.49. The van der Waals surface area contributed by atoms with Crippen molar-refractivity contribution < 1.29 is 13.9 Å². The summed E-state index contributed by atoms with van der Waals surface area (Å²) in [6.45, 7) is 5.73. The monoisotopic (exact) mass is 562 g/mol. The number of allylic oxidation sites excluding steroid dienone is 1. The SMILES string of the molecule is CCOC(=O)C1=C(C)N=c2s/c(=C\c3ccc(C)cc3)c(=O)n2[C@H]1c1ccc(-c2ccc(Br)cc2)o1. The van der Waals surface area contributed by atoms with Crippen molar-refractivity contribution in [3.63, 3.8) is 0 Å². The minimum Gasteiger partial charge on any atom is -0.463 e. The predicted molar refractivity (Wildman–Crippen MR) is 143 cm³/mol. The second-order valence-electron chi connectivity index (χ2n) is 8.42. The molecule has 182 valence electrons. The quantitative estimate of drug-likeness (QED) is 0.316. The fourth-order valence-corrected chi connectivity index (χ4v) is 5.45. The average Bonchev–Trinajstić information content (AvgIpc) is 3.45.